The van der Waals surface area contributed by atoms with E-state index in [0.29, 0.717) is 8.95 Å². The summed E-state index contributed by atoms with van der Waals surface area (Å²) in [4.78, 5) is 0. The van der Waals surface area contributed by atoms with Gasteiger partial charge < -0.3 is 0 Å². The van der Waals surface area contributed by atoms with Crippen molar-refractivity contribution in [1.29, 1.82) is 0 Å². The molecule has 0 fully saturated rings. The van der Waals surface area contributed by atoms with E-state index in [1.165, 1.54) is 24.6 Å². The zero-order chi connectivity index (χ0) is 15.9. The average Bonchev–Trinajstić information content (AvgIpc) is 2.46. The molecule has 0 unspecified atom stereocenters. The van der Waals surface area contributed by atoms with Crippen LogP contribution in [0, 0.1) is 11.6 Å². The molecule has 0 aromatic heterocycles. The molecule has 2 rings (SSSR count). The molecule has 2 N–H and O–H groups in total. The van der Waals surface area contributed by atoms with Gasteiger partial charge in [-0.1, -0.05) is 31.9 Å². The molecule has 0 aliphatic carbocycles. The molecule has 0 spiro atoms. The Bertz CT molecular complexity index is 658. The summed E-state index contributed by atoms with van der Waals surface area (Å²) in [7, 11) is 0. The van der Waals surface area contributed by atoms with Crippen molar-refractivity contribution < 1.29 is 8.78 Å². The van der Waals surface area contributed by atoms with E-state index >= 15 is 0 Å². The predicted octanol–water partition coefficient (Wildman–Crippen LogP) is 4.99. The van der Waals surface area contributed by atoms with Crippen LogP contribution in [-0.2, 0) is 0 Å². The number of nitrogens with one attached hydrogen (secondary N) is 2. The van der Waals surface area contributed by atoms with Gasteiger partial charge in [0.1, 0.15) is 11.6 Å². The van der Waals surface area contributed by atoms with Crippen molar-refractivity contribution in [3.63, 3.8) is 0 Å². The molecule has 0 bridgehead atoms. The van der Waals surface area contributed by atoms with Crippen molar-refractivity contribution in [1.82, 2.24) is 0 Å². The van der Waals surface area contributed by atoms with Crippen molar-refractivity contribution in [3.8, 4) is 0 Å². The highest BCUT2D eigenvalue weighted by Crippen LogP contribution is 2.19. The molecule has 0 atom stereocenters. The summed E-state index contributed by atoms with van der Waals surface area (Å²) < 4.78 is 28.2. The predicted molar refractivity (Wildman–Crippen MR) is 92.4 cm³/mol. The molecule has 8 heteroatoms. The first-order valence-electron chi connectivity index (χ1n) is 6.03. The highest BCUT2D eigenvalue weighted by atomic mass is 79.9. The first-order chi connectivity index (χ1) is 10.6. The fraction of sp³-hybridized carbons (Fsp3) is 0. The van der Waals surface area contributed by atoms with Crippen LogP contribution in [0.15, 0.2) is 55.5 Å². The SMILES string of the molecule is Fc1cc(Br)ccc1NN=CC=NNc1ccc(Br)cc1F. The van der Waals surface area contributed by atoms with E-state index in [-0.39, 0.29) is 11.4 Å². The van der Waals surface area contributed by atoms with Crippen molar-refractivity contribution >= 4 is 55.7 Å². The second kappa shape index (κ2) is 8.00. The summed E-state index contributed by atoms with van der Waals surface area (Å²) in [6, 6.07) is 9.11. The Labute approximate surface area is 142 Å². The molecular formula is C14H10Br2F2N4. The lowest BCUT2D eigenvalue weighted by Crippen LogP contribution is -1.96. The summed E-state index contributed by atoms with van der Waals surface area (Å²) in [6.07, 6.45) is 2.62. The van der Waals surface area contributed by atoms with E-state index in [1.54, 1.807) is 24.3 Å². The van der Waals surface area contributed by atoms with Gasteiger partial charge in [0.2, 0.25) is 0 Å². The van der Waals surface area contributed by atoms with Crippen LogP contribution < -0.4 is 10.9 Å². The van der Waals surface area contributed by atoms with Gasteiger partial charge in [-0.3, -0.25) is 10.9 Å². The zero-order valence-electron chi connectivity index (χ0n) is 11.0. The van der Waals surface area contributed by atoms with Gasteiger partial charge in [-0.15, -0.1) is 0 Å². The van der Waals surface area contributed by atoms with Gasteiger partial charge in [0.15, 0.2) is 0 Å². The van der Waals surface area contributed by atoms with E-state index in [9.17, 15) is 8.78 Å². The van der Waals surface area contributed by atoms with E-state index in [2.05, 4.69) is 52.9 Å². The summed E-state index contributed by atoms with van der Waals surface area (Å²) >= 11 is 6.32. The van der Waals surface area contributed by atoms with Crippen molar-refractivity contribution in [3.05, 3.63) is 57.0 Å². The van der Waals surface area contributed by atoms with Crippen LogP contribution in [-0.4, -0.2) is 12.4 Å². The number of halogens is 4. The third kappa shape index (κ3) is 4.88. The molecule has 114 valence electrons. The molecule has 0 aliphatic heterocycles. The third-order valence-electron chi connectivity index (χ3n) is 2.45. The average molecular weight is 432 g/mol. The van der Waals surface area contributed by atoms with Crippen LogP contribution in [0.1, 0.15) is 0 Å². The van der Waals surface area contributed by atoms with E-state index in [4.69, 9.17) is 0 Å². The fourth-order valence-corrected chi connectivity index (χ4v) is 2.11. The Morgan fingerprint density at radius 3 is 1.55 bits per heavy atom. The second-order valence-electron chi connectivity index (χ2n) is 4.03. The lowest BCUT2D eigenvalue weighted by atomic mass is 10.3. The van der Waals surface area contributed by atoms with Crippen molar-refractivity contribution in [2.45, 2.75) is 0 Å². The molecule has 0 saturated carbocycles. The standard InChI is InChI=1S/C14H10Br2F2N4/c15-9-1-3-13(11(17)7-9)21-19-5-6-20-22-14-4-2-10(16)8-12(14)18/h1-8,21-22H. The minimum atomic E-state index is -0.432. The maximum atomic E-state index is 13.5. The largest absolute Gasteiger partial charge is 0.275 e. The van der Waals surface area contributed by atoms with Gasteiger partial charge in [-0.2, -0.15) is 10.2 Å². The van der Waals surface area contributed by atoms with Crippen LogP contribution in [0.5, 0.6) is 0 Å². The lowest BCUT2D eigenvalue weighted by Gasteiger charge is -2.02. The third-order valence-corrected chi connectivity index (χ3v) is 3.43. The smallest absolute Gasteiger partial charge is 0.149 e. The number of benzene rings is 2. The highest BCUT2D eigenvalue weighted by molar-refractivity contribution is 9.10. The minimum Gasteiger partial charge on any atom is -0.275 e. The second-order valence-corrected chi connectivity index (χ2v) is 5.86. The Morgan fingerprint density at radius 1 is 0.773 bits per heavy atom. The number of nitrogens with zero attached hydrogens (tertiary/aromatic N) is 2. The summed E-state index contributed by atoms with van der Waals surface area (Å²) in [5.41, 5.74) is 5.54. The van der Waals surface area contributed by atoms with Gasteiger partial charge in [0.25, 0.3) is 0 Å². The van der Waals surface area contributed by atoms with Crippen molar-refractivity contribution in [2.24, 2.45) is 10.2 Å². The van der Waals surface area contributed by atoms with Crippen molar-refractivity contribution in [2.75, 3.05) is 10.9 Å². The Balaban J connectivity index is 1.87. The van der Waals surface area contributed by atoms with Gasteiger partial charge in [0.05, 0.1) is 23.8 Å². The van der Waals surface area contributed by atoms with Crippen LogP contribution >= 0.6 is 31.9 Å². The number of hydrazone groups is 2. The maximum absolute atomic E-state index is 13.5. The van der Waals surface area contributed by atoms with E-state index in [1.807, 2.05) is 0 Å². The fourth-order valence-electron chi connectivity index (χ4n) is 1.44. The Hall–Kier alpha value is -1.80. The van der Waals surface area contributed by atoms with Crippen LogP contribution in [0.4, 0.5) is 20.2 Å². The number of rotatable bonds is 5. The van der Waals surface area contributed by atoms with Crippen LogP contribution in [0.2, 0.25) is 0 Å². The first kappa shape index (κ1) is 16.6. The Kier molecular flexibility index (Phi) is 6.02. The molecular weight excluding hydrogens is 422 g/mol. The quantitative estimate of drug-likeness (QED) is 0.517. The molecule has 0 aliphatic rings. The Morgan fingerprint density at radius 2 is 1.18 bits per heavy atom. The van der Waals surface area contributed by atoms with Gasteiger partial charge >= 0.3 is 0 Å². The molecule has 2 aromatic carbocycles. The molecule has 0 saturated heterocycles. The van der Waals surface area contributed by atoms with E-state index in [0.717, 1.165) is 0 Å². The van der Waals surface area contributed by atoms with Crippen LogP contribution in [0.3, 0.4) is 0 Å². The molecule has 2 aromatic rings. The maximum Gasteiger partial charge on any atom is 0.149 e. The molecule has 4 nitrogen and oxygen atoms in total. The van der Waals surface area contributed by atoms with Gasteiger partial charge in [-0.25, -0.2) is 8.78 Å². The normalized spacial score (nSPS) is 11.3. The first-order valence-corrected chi connectivity index (χ1v) is 7.61. The summed E-state index contributed by atoms with van der Waals surface area (Å²) in [5, 5.41) is 7.56. The number of hydrogen-bond acceptors (Lipinski definition) is 4. The lowest BCUT2D eigenvalue weighted by molar-refractivity contribution is 0.629. The molecule has 0 heterocycles. The summed E-state index contributed by atoms with van der Waals surface area (Å²) in [5.74, 6) is -0.864. The highest BCUT2D eigenvalue weighted by Gasteiger charge is 2.01. The molecule has 0 radical (unpaired) electrons. The van der Waals surface area contributed by atoms with Gasteiger partial charge in [-0.05, 0) is 36.4 Å². The topological polar surface area (TPSA) is 48.8 Å². The molecule has 22 heavy (non-hydrogen) atoms. The zero-order valence-corrected chi connectivity index (χ0v) is 14.2. The van der Waals surface area contributed by atoms with E-state index < -0.39 is 11.6 Å². The number of hydrogen-bond donors (Lipinski definition) is 2. The monoisotopic (exact) mass is 430 g/mol. The van der Waals surface area contributed by atoms with Gasteiger partial charge in [0, 0.05) is 8.95 Å². The summed E-state index contributed by atoms with van der Waals surface area (Å²) in [6.45, 7) is 0. The van der Waals surface area contributed by atoms with Crippen LogP contribution in [0.25, 0.3) is 0 Å². The molecule has 0 amide bonds. The minimum absolute atomic E-state index is 0.236. The number of anilines is 2.